The molecule has 5 heterocycles. The first-order valence-electron chi connectivity index (χ1n) is 29.7. The predicted molar refractivity (Wildman–Crippen MR) is 322 cm³/mol. The average Bonchev–Trinajstić information content (AvgIpc) is 3.20. The fourth-order valence-corrected chi connectivity index (χ4v) is 10.9. The summed E-state index contributed by atoms with van der Waals surface area (Å²) in [6.45, 7) is 10.6. The van der Waals surface area contributed by atoms with Crippen molar-refractivity contribution in [3.8, 4) is 0 Å². The van der Waals surface area contributed by atoms with E-state index in [1.807, 2.05) is 68.4 Å². The minimum Gasteiger partial charge on any atom is -0.368 e. The Morgan fingerprint density at radius 1 is 0.667 bits per heavy atom. The quantitative estimate of drug-likeness (QED) is 0.0325. The number of hydrogen-bond donors (Lipinski definition) is 12. The number of aromatic amines is 3. The average molecular weight is 1200 g/mol. The van der Waals surface area contributed by atoms with Gasteiger partial charge in [-0.2, -0.15) is 0 Å². The Labute approximate surface area is 505 Å². The van der Waals surface area contributed by atoms with Crippen molar-refractivity contribution >= 4 is 70.0 Å². The molecule has 26 heteroatoms. The second-order valence-electron chi connectivity index (χ2n) is 24.1. The Morgan fingerprint density at radius 2 is 1.29 bits per heavy atom. The molecule has 0 saturated carbocycles. The smallest absolute Gasteiger partial charge is 0.245 e. The van der Waals surface area contributed by atoms with Crippen LogP contribution in [-0.4, -0.2) is 175 Å². The van der Waals surface area contributed by atoms with Gasteiger partial charge >= 0.3 is 0 Å². The van der Waals surface area contributed by atoms with Gasteiger partial charge in [-0.15, -0.1) is 0 Å². The predicted octanol–water partition coefficient (Wildman–Crippen LogP) is 0.467. The van der Waals surface area contributed by atoms with E-state index in [0.717, 1.165) is 34.2 Å². The molecule has 0 unspecified atom stereocenters. The second kappa shape index (κ2) is 30.4. The Bertz CT molecular complexity index is 3170. The number of hydrogen-bond acceptors (Lipinski definition) is 13. The molecular weight excluding hydrogens is 1120 g/mol. The first-order valence-corrected chi connectivity index (χ1v) is 29.7. The second-order valence-corrected chi connectivity index (χ2v) is 24.1. The number of rotatable bonds is 28. The summed E-state index contributed by atoms with van der Waals surface area (Å²) in [5.74, 6) is -6.58. The molecule has 10 amide bonds. The van der Waals surface area contributed by atoms with Crippen LogP contribution in [0.2, 0.25) is 0 Å². The van der Waals surface area contributed by atoms with E-state index < -0.39 is 120 Å². The van der Waals surface area contributed by atoms with Gasteiger partial charge in [0.15, 0.2) is 0 Å². The Kier molecular flexibility index (Phi) is 22.9. The van der Waals surface area contributed by atoms with E-state index >= 15 is 0 Å². The maximum Gasteiger partial charge on any atom is 0.245 e. The number of likely N-dealkylation sites (N-methyl/N-ethyl adjacent to an activating group) is 1. The zero-order valence-electron chi connectivity index (χ0n) is 50.5. The van der Waals surface area contributed by atoms with Gasteiger partial charge < -0.3 is 73.0 Å². The Hall–Kier alpha value is -8.94. The van der Waals surface area contributed by atoms with Gasteiger partial charge in [0.25, 0.3) is 0 Å². The summed E-state index contributed by atoms with van der Waals surface area (Å²) in [6, 6.07) is 6.60. The van der Waals surface area contributed by atoms with Gasteiger partial charge in [0, 0.05) is 80.2 Å². The van der Waals surface area contributed by atoms with Crippen LogP contribution in [0.1, 0.15) is 103 Å². The molecule has 5 aromatic rings. The molecule has 0 radical (unpaired) electrons. The summed E-state index contributed by atoms with van der Waals surface area (Å²) >= 11 is 0. The lowest BCUT2D eigenvalue weighted by molar-refractivity contribution is -0.143. The minimum absolute atomic E-state index is 0.0494. The molecule has 2 saturated heterocycles. The largest absolute Gasteiger partial charge is 0.368 e. The molecule has 0 aliphatic carbocycles. The number of piperidine rings is 1. The number of primary amides is 1. The number of carbonyl (C=O) groups is 10. The van der Waals surface area contributed by atoms with Gasteiger partial charge in [-0.25, -0.2) is 9.97 Å². The van der Waals surface area contributed by atoms with Crippen LogP contribution in [-0.2, 0) is 73.6 Å². The van der Waals surface area contributed by atoms with Crippen molar-refractivity contribution < 1.29 is 47.9 Å². The SMILES string of the molecule is CC(C)C[C@H](NC(=O)[C@H](Cc1cnc[nH]1)N(C)C(=O)CNC(=O)[C@@H](NC(=O)[C@H](C)NC(=O)[C@H](Cc1c[nH]c2ccccc12)NC(=O)[C@H](Cc1cnc[nH]1)NC(=O)[C@@H](Cc1ccccc1)NC(=O)[C@@H]1CCCCN1)C(C)(C)C)C(=O)N1CCC[C@H]1C(N)=O. The number of aromatic nitrogens is 5. The number of benzene rings is 2. The molecule has 2 fully saturated rings. The molecule has 87 heavy (non-hydrogen) atoms. The zero-order valence-corrected chi connectivity index (χ0v) is 50.5. The molecule has 2 aliphatic heterocycles. The van der Waals surface area contributed by atoms with Crippen molar-refractivity contribution in [3.63, 3.8) is 0 Å². The van der Waals surface area contributed by atoms with E-state index in [9.17, 15) is 47.9 Å². The normalized spacial score (nSPS) is 17.5. The lowest BCUT2D eigenvalue weighted by Gasteiger charge is -2.33. The number of imidazole rings is 2. The van der Waals surface area contributed by atoms with Gasteiger partial charge in [-0.1, -0.05) is 89.6 Å². The van der Waals surface area contributed by atoms with Gasteiger partial charge in [0.05, 0.1) is 25.2 Å². The third-order valence-corrected chi connectivity index (χ3v) is 15.8. The van der Waals surface area contributed by atoms with E-state index in [4.69, 9.17) is 5.73 Å². The van der Waals surface area contributed by atoms with Gasteiger partial charge in [-0.3, -0.25) is 47.9 Å². The fourth-order valence-electron chi connectivity index (χ4n) is 10.9. The summed E-state index contributed by atoms with van der Waals surface area (Å²) in [5.41, 5.74) is 7.83. The van der Waals surface area contributed by atoms with Crippen LogP contribution in [0, 0.1) is 11.3 Å². The number of carbonyl (C=O) groups excluding carboxylic acids is 10. The molecule has 9 atom stereocenters. The molecule has 7 rings (SSSR count). The van der Waals surface area contributed by atoms with Crippen molar-refractivity contribution in [2.75, 3.05) is 26.7 Å². The molecule has 2 aliphatic rings. The highest BCUT2D eigenvalue weighted by molar-refractivity contribution is 5.99. The molecule has 2 aromatic carbocycles. The summed E-state index contributed by atoms with van der Waals surface area (Å²) < 4.78 is 0. The van der Waals surface area contributed by atoms with Crippen LogP contribution in [0.4, 0.5) is 0 Å². The summed E-state index contributed by atoms with van der Waals surface area (Å²) in [7, 11) is 1.38. The fraction of sp³-hybridized carbons (Fsp3) is 0.508. The number of fused-ring (bicyclic) bond motifs is 1. The standard InChI is InChI=1S/C61H84N16O10/c1-35(2)24-47(60(87)77-23-15-21-48(77)52(62)79)74-58(85)49(28-40-31-64-34-69-40)76(7)50(78)32-67-59(86)51(61(4,5)6)75-53(80)36(3)70-55(82)45(26-38-29-66-42-19-12-11-18-41(38)42)72-57(84)46(27-39-30-63-33-68-39)73-56(83)44(25-37-16-9-8-10-17-37)71-54(81)43-20-13-14-22-65-43/h8-12,16-19,29-31,33-36,43-49,51,65-66H,13-15,20-28,32H2,1-7H3,(H2,62,79)(H,63,68)(H,64,69)(H,67,86)(H,70,82)(H,71,81)(H,72,84)(H,73,83)(H,74,85)(H,75,80)/t36-,43-,44+,45-,46-,47-,48-,49-,51+/m0/s1. The maximum atomic E-state index is 14.7. The monoisotopic (exact) mass is 1200 g/mol. The highest BCUT2D eigenvalue weighted by Gasteiger charge is 2.40. The van der Waals surface area contributed by atoms with Crippen molar-refractivity contribution in [1.29, 1.82) is 0 Å². The number of amides is 10. The molecule has 0 spiro atoms. The van der Waals surface area contributed by atoms with Gasteiger partial charge in [0.2, 0.25) is 59.1 Å². The van der Waals surface area contributed by atoms with Gasteiger partial charge in [0.1, 0.15) is 48.3 Å². The van der Waals surface area contributed by atoms with Crippen LogP contribution in [0.15, 0.2) is 85.8 Å². The highest BCUT2D eigenvalue weighted by atomic mass is 16.2. The molecule has 26 nitrogen and oxygen atoms in total. The summed E-state index contributed by atoms with van der Waals surface area (Å²) in [5, 5.41) is 23.5. The van der Waals surface area contributed by atoms with E-state index in [2.05, 4.69) is 67.5 Å². The van der Waals surface area contributed by atoms with Crippen molar-refractivity contribution in [3.05, 3.63) is 108 Å². The molecule has 0 bridgehead atoms. The summed E-state index contributed by atoms with van der Waals surface area (Å²) in [4.78, 5) is 160. The van der Waals surface area contributed by atoms with Crippen molar-refractivity contribution in [2.24, 2.45) is 17.1 Å². The van der Waals surface area contributed by atoms with Crippen LogP contribution in [0.5, 0.6) is 0 Å². The lowest BCUT2D eigenvalue weighted by Crippen LogP contribution is -2.61. The van der Waals surface area contributed by atoms with E-state index in [0.29, 0.717) is 49.3 Å². The van der Waals surface area contributed by atoms with E-state index in [-0.39, 0.29) is 43.9 Å². The lowest BCUT2D eigenvalue weighted by atomic mass is 9.86. The third kappa shape index (κ3) is 18.3. The molecule has 3 aromatic heterocycles. The minimum atomic E-state index is -1.35. The Morgan fingerprint density at radius 3 is 1.91 bits per heavy atom. The van der Waals surface area contributed by atoms with Crippen LogP contribution < -0.4 is 48.3 Å². The third-order valence-electron chi connectivity index (χ3n) is 15.8. The number of H-pyrrole nitrogens is 3. The highest BCUT2D eigenvalue weighted by Crippen LogP contribution is 2.23. The number of nitrogens with one attached hydrogen (secondary N) is 11. The van der Waals surface area contributed by atoms with Crippen molar-refractivity contribution in [1.82, 2.24) is 77.3 Å². The first-order chi connectivity index (χ1) is 41.5. The van der Waals surface area contributed by atoms with Crippen molar-refractivity contribution in [2.45, 2.75) is 160 Å². The number of para-hydroxylation sites is 1. The maximum absolute atomic E-state index is 14.7. The van der Waals surface area contributed by atoms with Crippen LogP contribution in [0.3, 0.4) is 0 Å². The first kappa shape index (κ1) is 65.6. The van der Waals surface area contributed by atoms with Gasteiger partial charge in [-0.05, 0) is 74.1 Å². The van der Waals surface area contributed by atoms with Crippen LogP contribution in [0.25, 0.3) is 10.9 Å². The van der Waals surface area contributed by atoms with E-state index in [1.54, 1.807) is 27.0 Å². The summed E-state index contributed by atoms with van der Waals surface area (Å²) in [6.07, 6.45) is 11.0. The topological polar surface area (TPSA) is 373 Å². The molecule has 13 N–H and O–H groups in total. The van der Waals surface area contributed by atoms with E-state index in [1.165, 1.54) is 43.9 Å². The number of nitrogens with two attached hydrogens (primary N) is 1. The Balaban J connectivity index is 1.04. The molecular formula is C61H84N16O10. The van der Waals surface area contributed by atoms with Crippen LogP contribution >= 0.6 is 0 Å². The molecule has 468 valence electrons. The number of nitrogens with zero attached hydrogens (tertiary/aromatic N) is 4. The zero-order chi connectivity index (χ0) is 63.0. The number of likely N-dealkylation sites (tertiary alicyclic amines) is 1.